The molecule has 16 heavy (non-hydrogen) atoms. The Balaban J connectivity index is 2.55. The van der Waals surface area contributed by atoms with Gasteiger partial charge in [-0.1, -0.05) is 13.8 Å². The SMILES string of the molecule is Cc1ccc(C(C)(C)CNC(=O)CCO)o1. The number of aliphatic hydroxyl groups excluding tert-OH is 1. The van der Waals surface area contributed by atoms with Gasteiger partial charge in [-0.2, -0.15) is 0 Å². The molecule has 0 aliphatic heterocycles. The highest BCUT2D eigenvalue weighted by Gasteiger charge is 2.24. The van der Waals surface area contributed by atoms with Crippen molar-refractivity contribution in [2.45, 2.75) is 32.6 Å². The second kappa shape index (κ2) is 5.16. The highest BCUT2D eigenvalue weighted by atomic mass is 16.3. The van der Waals surface area contributed by atoms with E-state index < -0.39 is 0 Å². The zero-order chi connectivity index (χ0) is 12.2. The molecule has 0 aliphatic rings. The van der Waals surface area contributed by atoms with Gasteiger partial charge in [-0.3, -0.25) is 4.79 Å². The lowest BCUT2D eigenvalue weighted by Crippen LogP contribution is -2.36. The van der Waals surface area contributed by atoms with E-state index in [9.17, 15) is 4.79 Å². The van der Waals surface area contributed by atoms with Gasteiger partial charge in [0, 0.05) is 18.4 Å². The molecule has 0 saturated heterocycles. The molecule has 0 aliphatic carbocycles. The summed E-state index contributed by atoms with van der Waals surface area (Å²) in [6, 6.07) is 3.83. The predicted molar refractivity (Wildman–Crippen MR) is 61.2 cm³/mol. The predicted octanol–water partition coefficient (Wildman–Crippen LogP) is 1.36. The molecule has 2 N–H and O–H groups in total. The van der Waals surface area contributed by atoms with E-state index in [0.29, 0.717) is 6.54 Å². The Morgan fingerprint density at radius 1 is 1.50 bits per heavy atom. The topological polar surface area (TPSA) is 62.5 Å². The maximum atomic E-state index is 11.2. The standard InChI is InChI=1S/C12H19NO3/c1-9-4-5-10(16-9)12(2,3)8-13-11(15)6-7-14/h4-5,14H,6-8H2,1-3H3,(H,13,15). The van der Waals surface area contributed by atoms with Crippen LogP contribution >= 0.6 is 0 Å². The molecule has 0 unspecified atom stereocenters. The monoisotopic (exact) mass is 225 g/mol. The van der Waals surface area contributed by atoms with Gasteiger partial charge in [0.15, 0.2) is 0 Å². The van der Waals surface area contributed by atoms with Crippen LogP contribution in [0.3, 0.4) is 0 Å². The number of furan rings is 1. The van der Waals surface area contributed by atoms with Gasteiger partial charge in [-0.05, 0) is 19.1 Å². The molecule has 0 fully saturated rings. The molecule has 1 heterocycles. The number of carbonyl (C=O) groups is 1. The normalized spacial score (nSPS) is 11.5. The van der Waals surface area contributed by atoms with E-state index in [2.05, 4.69) is 5.32 Å². The molecule has 1 aromatic rings. The summed E-state index contributed by atoms with van der Waals surface area (Å²) in [6.07, 6.45) is 0.146. The Morgan fingerprint density at radius 3 is 2.69 bits per heavy atom. The Kier molecular flexibility index (Phi) is 4.12. The third-order valence-corrected chi connectivity index (χ3v) is 2.47. The number of hydrogen-bond acceptors (Lipinski definition) is 3. The van der Waals surface area contributed by atoms with Gasteiger partial charge >= 0.3 is 0 Å². The van der Waals surface area contributed by atoms with Crippen LogP contribution < -0.4 is 5.32 Å². The van der Waals surface area contributed by atoms with Crippen molar-refractivity contribution in [1.82, 2.24) is 5.32 Å². The van der Waals surface area contributed by atoms with Gasteiger partial charge in [0.05, 0.1) is 6.61 Å². The summed E-state index contributed by atoms with van der Waals surface area (Å²) in [4.78, 5) is 11.2. The summed E-state index contributed by atoms with van der Waals surface area (Å²) >= 11 is 0. The molecule has 4 nitrogen and oxygen atoms in total. The zero-order valence-electron chi connectivity index (χ0n) is 10.0. The van der Waals surface area contributed by atoms with Crippen LogP contribution in [0.15, 0.2) is 16.5 Å². The van der Waals surface area contributed by atoms with E-state index in [-0.39, 0.29) is 24.3 Å². The molecule has 4 heteroatoms. The third-order valence-electron chi connectivity index (χ3n) is 2.47. The summed E-state index contributed by atoms with van der Waals surface area (Å²) in [5.41, 5.74) is -0.237. The molecule has 0 radical (unpaired) electrons. The number of aliphatic hydroxyl groups is 1. The molecular weight excluding hydrogens is 206 g/mol. The lowest BCUT2D eigenvalue weighted by molar-refractivity contribution is -0.121. The first-order valence-corrected chi connectivity index (χ1v) is 5.40. The Labute approximate surface area is 95.7 Å². The van der Waals surface area contributed by atoms with E-state index in [4.69, 9.17) is 9.52 Å². The molecule has 0 bridgehead atoms. The molecule has 0 atom stereocenters. The first-order valence-electron chi connectivity index (χ1n) is 5.40. The average Bonchev–Trinajstić information content (AvgIpc) is 2.63. The van der Waals surface area contributed by atoms with E-state index in [1.165, 1.54) is 0 Å². The van der Waals surface area contributed by atoms with Gasteiger partial charge < -0.3 is 14.8 Å². The van der Waals surface area contributed by atoms with Crippen molar-refractivity contribution in [2.24, 2.45) is 0 Å². The minimum atomic E-state index is -0.237. The van der Waals surface area contributed by atoms with E-state index in [0.717, 1.165) is 11.5 Å². The van der Waals surface area contributed by atoms with E-state index >= 15 is 0 Å². The molecular formula is C12H19NO3. The number of rotatable bonds is 5. The Morgan fingerprint density at radius 2 is 2.19 bits per heavy atom. The van der Waals surface area contributed by atoms with Crippen LogP contribution in [0, 0.1) is 6.92 Å². The van der Waals surface area contributed by atoms with Crippen molar-refractivity contribution in [3.05, 3.63) is 23.7 Å². The minimum Gasteiger partial charge on any atom is -0.466 e. The maximum absolute atomic E-state index is 11.2. The second-order valence-electron chi connectivity index (χ2n) is 4.54. The fraction of sp³-hybridized carbons (Fsp3) is 0.583. The maximum Gasteiger partial charge on any atom is 0.222 e. The molecule has 0 saturated carbocycles. The largest absolute Gasteiger partial charge is 0.466 e. The zero-order valence-corrected chi connectivity index (χ0v) is 10.0. The molecule has 0 aromatic carbocycles. The molecule has 1 rings (SSSR count). The number of amides is 1. The van der Waals surface area contributed by atoms with Crippen LogP contribution in [0.4, 0.5) is 0 Å². The fourth-order valence-electron chi connectivity index (χ4n) is 1.39. The summed E-state index contributed by atoms with van der Waals surface area (Å²) in [5, 5.41) is 11.4. The molecule has 1 aromatic heterocycles. The second-order valence-corrected chi connectivity index (χ2v) is 4.54. The minimum absolute atomic E-state index is 0.119. The number of nitrogens with one attached hydrogen (secondary N) is 1. The molecule has 1 amide bonds. The number of hydrogen-bond donors (Lipinski definition) is 2. The first kappa shape index (κ1) is 12.8. The van der Waals surface area contributed by atoms with Crippen molar-refractivity contribution in [3.63, 3.8) is 0 Å². The first-order chi connectivity index (χ1) is 7.45. The summed E-state index contributed by atoms with van der Waals surface area (Å²) in [5.74, 6) is 1.58. The van der Waals surface area contributed by atoms with Crippen molar-refractivity contribution in [3.8, 4) is 0 Å². The third kappa shape index (κ3) is 3.38. The Bertz CT molecular complexity index is 355. The van der Waals surface area contributed by atoms with Crippen LogP contribution in [-0.2, 0) is 10.2 Å². The van der Waals surface area contributed by atoms with Gasteiger partial charge in [0.2, 0.25) is 5.91 Å². The number of aryl methyl sites for hydroxylation is 1. The summed E-state index contributed by atoms with van der Waals surface area (Å²) < 4.78 is 5.54. The van der Waals surface area contributed by atoms with Gasteiger partial charge in [0.25, 0.3) is 0 Å². The average molecular weight is 225 g/mol. The van der Waals surface area contributed by atoms with Crippen LogP contribution in [-0.4, -0.2) is 24.2 Å². The van der Waals surface area contributed by atoms with Gasteiger partial charge in [-0.15, -0.1) is 0 Å². The van der Waals surface area contributed by atoms with Crippen LogP contribution in [0.2, 0.25) is 0 Å². The molecule has 90 valence electrons. The van der Waals surface area contributed by atoms with Crippen molar-refractivity contribution in [2.75, 3.05) is 13.2 Å². The number of carbonyl (C=O) groups excluding carboxylic acids is 1. The van der Waals surface area contributed by atoms with Crippen LogP contribution in [0.1, 0.15) is 31.8 Å². The van der Waals surface area contributed by atoms with Crippen molar-refractivity contribution < 1.29 is 14.3 Å². The summed E-state index contributed by atoms with van der Waals surface area (Å²) in [7, 11) is 0. The Hall–Kier alpha value is -1.29. The van der Waals surface area contributed by atoms with E-state index in [1.807, 2.05) is 32.9 Å². The fourth-order valence-corrected chi connectivity index (χ4v) is 1.39. The smallest absolute Gasteiger partial charge is 0.222 e. The summed E-state index contributed by atoms with van der Waals surface area (Å²) in [6.45, 7) is 6.28. The quantitative estimate of drug-likeness (QED) is 0.795. The van der Waals surface area contributed by atoms with E-state index in [1.54, 1.807) is 0 Å². The highest BCUT2D eigenvalue weighted by Crippen LogP contribution is 2.24. The lowest BCUT2D eigenvalue weighted by atomic mass is 9.90. The van der Waals surface area contributed by atoms with Gasteiger partial charge in [0.1, 0.15) is 11.5 Å². The van der Waals surface area contributed by atoms with Crippen LogP contribution in [0.5, 0.6) is 0 Å². The van der Waals surface area contributed by atoms with Crippen molar-refractivity contribution in [1.29, 1.82) is 0 Å². The lowest BCUT2D eigenvalue weighted by Gasteiger charge is -2.22. The van der Waals surface area contributed by atoms with Crippen LogP contribution in [0.25, 0.3) is 0 Å². The van der Waals surface area contributed by atoms with Gasteiger partial charge in [-0.25, -0.2) is 0 Å². The molecule has 0 spiro atoms. The highest BCUT2D eigenvalue weighted by molar-refractivity contribution is 5.76. The van der Waals surface area contributed by atoms with Crippen molar-refractivity contribution >= 4 is 5.91 Å².